The Kier molecular flexibility index (Phi) is 3.95. The molecule has 1 fully saturated rings. The lowest BCUT2D eigenvalue weighted by molar-refractivity contribution is -0.0421. The van der Waals surface area contributed by atoms with Crippen molar-refractivity contribution in [2.45, 2.75) is 44.9 Å². The second-order valence-corrected chi connectivity index (χ2v) is 3.57. The molecule has 12 heavy (non-hydrogen) atoms. The molecule has 1 saturated heterocycles. The lowest BCUT2D eigenvalue weighted by atomic mass is 10.00. The fourth-order valence-electron chi connectivity index (χ4n) is 1.83. The summed E-state index contributed by atoms with van der Waals surface area (Å²) in [7, 11) is 0. The molecule has 2 atom stereocenters. The third-order valence-corrected chi connectivity index (χ3v) is 2.23. The Bertz CT molecular complexity index is 122. The Balaban J connectivity index is 2.24. The van der Waals surface area contributed by atoms with Crippen LogP contribution in [-0.4, -0.2) is 31.5 Å². The molecule has 3 heteroatoms. The molecule has 0 amide bonds. The summed E-state index contributed by atoms with van der Waals surface area (Å²) >= 11 is 0. The van der Waals surface area contributed by atoms with E-state index in [1.807, 2.05) is 0 Å². The number of ether oxygens (including phenoxy) is 1. The summed E-state index contributed by atoms with van der Waals surface area (Å²) in [5, 5.41) is 3.18. The summed E-state index contributed by atoms with van der Waals surface area (Å²) in [5.41, 5.74) is 0. The number of rotatable bonds is 3. The molecule has 0 spiro atoms. The average Bonchev–Trinajstić information content (AvgIpc) is 1.99. The van der Waals surface area contributed by atoms with Crippen LogP contribution in [0.2, 0.25) is 0 Å². The molecule has 1 N–H and O–H groups in total. The second-order valence-electron chi connectivity index (χ2n) is 3.57. The minimum Gasteiger partial charge on any atom is -0.375 e. The molecule has 1 aliphatic heterocycles. The van der Waals surface area contributed by atoms with Crippen LogP contribution in [0.1, 0.15) is 26.7 Å². The van der Waals surface area contributed by atoms with E-state index in [0.717, 1.165) is 12.8 Å². The highest BCUT2D eigenvalue weighted by atomic mass is 19.1. The van der Waals surface area contributed by atoms with Gasteiger partial charge in [0.2, 0.25) is 0 Å². The normalized spacial score (nSPS) is 36.8. The SMILES string of the molecule is CC1CC(NCCF)CC(C)O1. The van der Waals surface area contributed by atoms with Crippen molar-refractivity contribution in [2.24, 2.45) is 0 Å². The minimum atomic E-state index is -0.278. The highest BCUT2D eigenvalue weighted by molar-refractivity contribution is 4.78. The monoisotopic (exact) mass is 175 g/mol. The molecule has 1 aliphatic rings. The van der Waals surface area contributed by atoms with Crippen LogP contribution in [0.3, 0.4) is 0 Å². The maximum absolute atomic E-state index is 11.8. The van der Waals surface area contributed by atoms with Crippen molar-refractivity contribution in [1.82, 2.24) is 5.32 Å². The van der Waals surface area contributed by atoms with Gasteiger partial charge in [0.05, 0.1) is 12.2 Å². The van der Waals surface area contributed by atoms with Gasteiger partial charge in [0.15, 0.2) is 0 Å². The Morgan fingerprint density at radius 2 is 1.92 bits per heavy atom. The molecule has 0 aromatic heterocycles. The molecule has 2 nitrogen and oxygen atoms in total. The number of alkyl halides is 1. The van der Waals surface area contributed by atoms with Crippen LogP contribution in [0.5, 0.6) is 0 Å². The van der Waals surface area contributed by atoms with Crippen LogP contribution in [0, 0.1) is 0 Å². The van der Waals surface area contributed by atoms with Gasteiger partial charge in [0.25, 0.3) is 0 Å². The minimum absolute atomic E-state index is 0.278. The van der Waals surface area contributed by atoms with E-state index in [1.54, 1.807) is 0 Å². The zero-order valence-corrected chi connectivity index (χ0v) is 7.85. The third-order valence-electron chi connectivity index (χ3n) is 2.23. The van der Waals surface area contributed by atoms with Gasteiger partial charge in [-0.2, -0.15) is 0 Å². The molecule has 0 aromatic carbocycles. The molecular formula is C9H18FNO. The number of nitrogens with one attached hydrogen (secondary N) is 1. The van der Waals surface area contributed by atoms with Crippen LogP contribution >= 0.6 is 0 Å². The topological polar surface area (TPSA) is 21.3 Å². The Labute approximate surface area is 73.5 Å². The van der Waals surface area contributed by atoms with E-state index in [9.17, 15) is 4.39 Å². The summed E-state index contributed by atoms with van der Waals surface area (Å²) in [6, 6.07) is 0.444. The Morgan fingerprint density at radius 3 is 2.42 bits per heavy atom. The van der Waals surface area contributed by atoms with Gasteiger partial charge in [-0.1, -0.05) is 0 Å². The number of hydrogen-bond acceptors (Lipinski definition) is 2. The fraction of sp³-hybridized carbons (Fsp3) is 1.00. The molecule has 72 valence electrons. The maximum atomic E-state index is 11.8. The first-order valence-electron chi connectivity index (χ1n) is 4.67. The van der Waals surface area contributed by atoms with E-state index in [0.29, 0.717) is 24.8 Å². The van der Waals surface area contributed by atoms with Crippen molar-refractivity contribution >= 4 is 0 Å². The van der Waals surface area contributed by atoms with E-state index in [-0.39, 0.29) is 6.67 Å². The maximum Gasteiger partial charge on any atom is 0.102 e. The average molecular weight is 175 g/mol. The van der Waals surface area contributed by atoms with Gasteiger partial charge >= 0.3 is 0 Å². The van der Waals surface area contributed by atoms with Crippen molar-refractivity contribution in [1.29, 1.82) is 0 Å². The van der Waals surface area contributed by atoms with Crippen LogP contribution in [0.25, 0.3) is 0 Å². The van der Waals surface area contributed by atoms with Crippen molar-refractivity contribution in [3.8, 4) is 0 Å². The standard InChI is InChI=1S/C9H18FNO/c1-7-5-9(11-4-3-10)6-8(2)12-7/h7-9,11H,3-6H2,1-2H3. The summed E-state index contributed by atoms with van der Waals surface area (Å²) in [6.07, 6.45) is 2.63. The van der Waals surface area contributed by atoms with E-state index >= 15 is 0 Å². The van der Waals surface area contributed by atoms with Crippen molar-refractivity contribution < 1.29 is 9.13 Å². The third kappa shape index (κ3) is 3.07. The lowest BCUT2D eigenvalue weighted by Crippen LogP contribution is -2.41. The van der Waals surface area contributed by atoms with E-state index in [1.165, 1.54) is 0 Å². The van der Waals surface area contributed by atoms with Gasteiger partial charge in [0.1, 0.15) is 6.67 Å². The molecule has 1 heterocycles. The van der Waals surface area contributed by atoms with Gasteiger partial charge in [-0.3, -0.25) is 0 Å². The first kappa shape index (κ1) is 9.93. The Morgan fingerprint density at radius 1 is 1.33 bits per heavy atom. The molecule has 2 unspecified atom stereocenters. The molecular weight excluding hydrogens is 157 g/mol. The molecule has 0 bridgehead atoms. The highest BCUT2D eigenvalue weighted by Crippen LogP contribution is 2.18. The highest BCUT2D eigenvalue weighted by Gasteiger charge is 2.23. The lowest BCUT2D eigenvalue weighted by Gasteiger charge is -2.32. The smallest absolute Gasteiger partial charge is 0.102 e. The van der Waals surface area contributed by atoms with Crippen molar-refractivity contribution in [3.05, 3.63) is 0 Å². The van der Waals surface area contributed by atoms with Crippen LogP contribution < -0.4 is 5.32 Å². The Hall–Kier alpha value is -0.150. The van der Waals surface area contributed by atoms with Crippen molar-refractivity contribution in [3.63, 3.8) is 0 Å². The zero-order valence-electron chi connectivity index (χ0n) is 7.85. The largest absolute Gasteiger partial charge is 0.375 e. The predicted molar refractivity (Wildman–Crippen MR) is 47.0 cm³/mol. The predicted octanol–water partition coefficient (Wildman–Crippen LogP) is 1.50. The summed E-state index contributed by atoms with van der Waals surface area (Å²) < 4.78 is 17.4. The zero-order chi connectivity index (χ0) is 8.97. The molecule has 1 rings (SSSR count). The quantitative estimate of drug-likeness (QED) is 0.702. The van der Waals surface area contributed by atoms with Crippen molar-refractivity contribution in [2.75, 3.05) is 13.2 Å². The summed E-state index contributed by atoms with van der Waals surface area (Å²) in [4.78, 5) is 0. The van der Waals surface area contributed by atoms with Gasteiger partial charge in [-0.15, -0.1) is 0 Å². The molecule has 0 radical (unpaired) electrons. The van der Waals surface area contributed by atoms with E-state index < -0.39 is 0 Å². The number of halogens is 1. The van der Waals surface area contributed by atoms with Gasteiger partial charge in [-0.25, -0.2) is 4.39 Å². The van der Waals surface area contributed by atoms with Crippen LogP contribution in [0.4, 0.5) is 4.39 Å². The fourth-order valence-corrected chi connectivity index (χ4v) is 1.83. The van der Waals surface area contributed by atoms with Gasteiger partial charge in [0, 0.05) is 12.6 Å². The summed E-state index contributed by atoms with van der Waals surface area (Å²) in [5.74, 6) is 0. The number of hydrogen-bond donors (Lipinski definition) is 1. The molecule has 0 aromatic rings. The van der Waals surface area contributed by atoms with Gasteiger partial charge < -0.3 is 10.1 Å². The second kappa shape index (κ2) is 4.77. The molecule has 0 aliphatic carbocycles. The van der Waals surface area contributed by atoms with Gasteiger partial charge in [-0.05, 0) is 26.7 Å². The van der Waals surface area contributed by atoms with E-state index in [4.69, 9.17) is 4.74 Å². The van der Waals surface area contributed by atoms with Crippen LogP contribution in [-0.2, 0) is 4.74 Å². The molecule has 0 saturated carbocycles. The first-order valence-corrected chi connectivity index (χ1v) is 4.67. The van der Waals surface area contributed by atoms with Crippen LogP contribution in [0.15, 0.2) is 0 Å². The summed E-state index contributed by atoms with van der Waals surface area (Å²) in [6.45, 7) is 4.34. The first-order chi connectivity index (χ1) is 5.72. The van der Waals surface area contributed by atoms with E-state index in [2.05, 4.69) is 19.2 Å².